The summed E-state index contributed by atoms with van der Waals surface area (Å²) in [7, 11) is 13.7. The molecule has 0 spiro atoms. The smallest absolute Gasteiger partial charge is 0.398 e. The molecule has 38 heavy (non-hydrogen) atoms. The molecule has 4 radical (unpaired) electrons. The summed E-state index contributed by atoms with van der Waals surface area (Å²) in [6.07, 6.45) is 11.6. The number of fused-ring (bicyclic) bond motifs is 2. The van der Waals surface area contributed by atoms with Gasteiger partial charge >= 0.3 is 6.18 Å². The van der Waals surface area contributed by atoms with E-state index in [4.69, 9.17) is 37.6 Å². The molecule has 2 aliphatic carbocycles. The molecule has 4 fully saturated rings. The number of aromatic nitrogens is 1. The first kappa shape index (κ1) is 28.9. The van der Waals surface area contributed by atoms with Crippen LogP contribution in [-0.2, 0) is 10.9 Å². The molecule has 0 amide bonds. The summed E-state index contributed by atoms with van der Waals surface area (Å²) < 4.78 is 44.0. The van der Waals surface area contributed by atoms with E-state index in [2.05, 4.69) is 9.88 Å². The summed E-state index contributed by atoms with van der Waals surface area (Å²) in [4.78, 5) is 6.04. The highest BCUT2D eigenvalue weighted by molar-refractivity contribution is 6.40. The molecule has 6 N–H and O–H groups in total. The zero-order chi connectivity index (χ0) is 27.6. The minimum atomic E-state index is -4.49. The minimum Gasteiger partial charge on any atom is -0.398 e. The average Bonchev–Trinajstić information content (AvgIpc) is 3.56. The fourth-order valence-corrected chi connectivity index (χ4v) is 6.95. The van der Waals surface area contributed by atoms with E-state index in [1.165, 1.54) is 50.7 Å². The Kier molecular flexibility index (Phi) is 8.77. The average molecular weight is 527 g/mol. The van der Waals surface area contributed by atoms with E-state index in [0.717, 1.165) is 69.3 Å². The zero-order valence-electron chi connectivity index (χ0n) is 21.9. The van der Waals surface area contributed by atoms with E-state index in [1.54, 1.807) is 0 Å². The number of alkyl halides is 3. The number of nitrogens with two attached hydrogens (primary N) is 3. The van der Waals surface area contributed by atoms with Gasteiger partial charge in [0.2, 0.25) is 0 Å². The Morgan fingerprint density at radius 2 is 1.71 bits per heavy atom. The van der Waals surface area contributed by atoms with Crippen LogP contribution < -0.4 is 17.2 Å². The molecule has 2 saturated carbocycles. The van der Waals surface area contributed by atoms with Crippen molar-refractivity contribution < 1.29 is 17.9 Å². The molecule has 5 rings (SSSR count). The van der Waals surface area contributed by atoms with Crippen LogP contribution in [0.15, 0.2) is 36.4 Å². The van der Waals surface area contributed by atoms with E-state index in [-0.39, 0.29) is 28.6 Å². The quantitative estimate of drug-likeness (QED) is 0.409. The van der Waals surface area contributed by atoms with Crippen molar-refractivity contribution >= 4 is 21.4 Å². The predicted molar refractivity (Wildman–Crippen MR) is 144 cm³/mol. The van der Waals surface area contributed by atoms with Crippen LogP contribution in [0.3, 0.4) is 0 Å². The van der Waals surface area contributed by atoms with E-state index in [9.17, 15) is 13.2 Å². The van der Waals surface area contributed by atoms with Gasteiger partial charge in [-0.1, -0.05) is 25.7 Å². The fraction of sp³-hybridized carbons (Fsp3) is 0.667. The van der Waals surface area contributed by atoms with Gasteiger partial charge in [-0.3, -0.25) is 4.98 Å². The molecule has 2 saturated heterocycles. The molecule has 4 atom stereocenters. The molecule has 4 aliphatic rings. The maximum Gasteiger partial charge on any atom is 0.417 e. The lowest BCUT2D eigenvalue weighted by atomic mass is 9.44. The lowest BCUT2D eigenvalue weighted by Crippen LogP contribution is -2.63. The van der Waals surface area contributed by atoms with Crippen molar-refractivity contribution in [2.45, 2.75) is 75.4 Å². The Balaban J connectivity index is 0.000000182. The largest absolute Gasteiger partial charge is 0.417 e. The molecule has 0 aromatic carbocycles. The minimum absolute atomic E-state index is 0.0118. The van der Waals surface area contributed by atoms with Crippen LogP contribution in [0.1, 0.15) is 68.9 Å². The van der Waals surface area contributed by atoms with Gasteiger partial charge in [0.1, 0.15) is 0 Å². The summed E-state index contributed by atoms with van der Waals surface area (Å²) in [6.45, 7) is 3.08. The summed E-state index contributed by atoms with van der Waals surface area (Å²) in [5, 5.41) is -0.678. The van der Waals surface area contributed by atoms with Crippen molar-refractivity contribution in [2.24, 2.45) is 34.5 Å². The number of pyridine rings is 1. The van der Waals surface area contributed by atoms with E-state index >= 15 is 0 Å². The lowest BCUT2D eigenvalue weighted by Gasteiger charge is -2.53. The van der Waals surface area contributed by atoms with Crippen LogP contribution in [0.5, 0.6) is 0 Å². The third-order valence-corrected chi connectivity index (χ3v) is 9.01. The van der Waals surface area contributed by atoms with Gasteiger partial charge in [-0.25, -0.2) is 0 Å². The normalized spacial score (nSPS) is 30.1. The SMILES string of the molecule is NC(N)=C/C=C(\N)c1cnccc1C(F)(F)F.[B]C([B])(N1CC2CCCC2C1)C12CCCCCC1OCC2. The fourth-order valence-electron chi connectivity index (χ4n) is 6.95. The van der Waals surface area contributed by atoms with Crippen molar-refractivity contribution in [1.82, 2.24) is 9.88 Å². The second-order valence-corrected chi connectivity index (χ2v) is 11.3. The first-order valence-electron chi connectivity index (χ1n) is 13.6. The van der Waals surface area contributed by atoms with Crippen molar-refractivity contribution in [1.29, 1.82) is 0 Å². The van der Waals surface area contributed by atoms with Gasteiger partial charge in [0.25, 0.3) is 0 Å². The van der Waals surface area contributed by atoms with Crippen LogP contribution in [0.25, 0.3) is 5.70 Å². The summed E-state index contributed by atoms with van der Waals surface area (Å²) in [5.74, 6) is 1.64. The van der Waals surface area contributed by atoms with Gasteiger partial charge in [-0.2, -0.15) is 13.2 Å². The van der Waals surface area contributed by atoms with Crippen molar-refractivity contribution in [3.8, 4) is 0 Å². The highest BCUT2D eigenvalue weighted by atomic mass is 19.4. The summed E-state index contributed by atoms with van der Waals surface area (Å²) >= 11 is 0. The number of hydrogen-bond acceptors (Lipinski definition) is 6. The van der Waals surface area contributed by atoms with Gasteiger partial charge in [0.05, 0.1) is 33.2 Å². The molecule has 4 unspecified atom stereocenters. The number of ether oxygens (including phenoxy) is 1. The van der Waals surface area contributed by atoms with E-state index in [0.29, 0.717) is 0 Å². The molecule has 1 aromatic heterocycles. The lowest BCUT2D eigenvalue weighted by molar-refractivity contribution is -0.137. The van der Waals surface area contributed by atoms with Gasteiger partial charge in [0, 0.05) is 48.8 Å². The summed E-state index contributed by atoms with van der Waals surface area (Å²) in [5.41, 5.74) is 14.6. The number of nitrogens with zero attached hydrogens (tertiary/aromatic N) is 2. The highest BCUT2D eigenvalue weighted by Crippen LogP contribution is 2.53. The number of allylic oxidation sites excluding steroid dienone is 2. The van der Waals surface area contributed by atoms with Crippen LogP contribution >= 0.6 is 0 Å². The first-order chi connectivity index (χ1) is 18.0. The van der Waals surface area contributed by atoms with E-state index in [1.807, 2.05) is 0 Å². The summed E-state index contributed by atoms with van der Waals surface area (Å²) in [6, 6.07) is 0.853. The molecular formula is C27H38B2F3N5O. The maximum absolute atomic E-state index is 12.6. The van der Waals surface area contributed by atoms with E-state index < -0.39 is 17.1 Å². The number of rotatable bonds is 4. The maximum atomic E-state index is 12.6. The Morgan fingerprint density at radius 1 is 1.00 bits per heavy atom. The first-order valence-corrected chi connectivity index (χ1v) is 13.6. The molecule has 0 bridgehead atoms. The second-order valence-electron chi connectivity index (χ2n) is 11.3. The topological polar surface area (TPSA) is 103 Å². The monoisotopic (exact) mass is 527 g/mol. The molecule has 1 aromatic rings. The van der Waals surface area contributed by atoms with Gasteiger partial charge in [-0.05, 0) is 67.5 Å². The van der Waals surface area contributed by atoms with Crippen LogP contribution in [0, 0.1) is 17.3 Å². The van der Waals surface area contributed by atoms with Gasteiger partial charge in [-0.15, -0.1) is 0 Å². The highest BCUT2D eigenvalue weighted by Gasteiger charge is 2.56. The van der Waals surface area contributed by atoms with Crippen molar-refractivity contribution in [3.05, 3.63) is 47.6 Å². The van der Waals surface area contributed by atoms with Crippen LogP contribution in [0.4, 0.5) is 13.2 Å². The zero-order valence-corrected chi connectivity index (χ0v) is 21.9. The third kappa shape index (κ3) is 5.88. The molecule has 2 aliphatic heterocycles. The number of likely N-dealkylation sites (tertiary alicyclic amines) is 1. The van der Waals surface area contributed by atoms with Gasteiger partial charge < -0.3 is 26.8 Å². The van der Waals surface area contributed by atoms with Gasteiger partial charge in [0.15, 0.2) is 0 Å². The van der Waals surface area contributed by atoms with Crippen LogP contribution in [0.2, 0.25) is 0 Å². The standard InChI is InChI=1S/C17H27B2NO.C10H11F3N4/c18-17(19,20-11-13-5-4-6-14(13)12-20)16-8-3-1-2-7-15(16)21-10-9-16;11-10(12,13)7-3-4-17-5-6(7)8(14)1-2-9(15)16/h13-15H,1-12H2;1-5H,14-16H2/b;8-1-. The predicted octanol–water partition coefficient (Wildman–Crippen LogP) is 3.61. The number of hydrogen-bond donors (Lipinski definition) is 3. The molecular weight excluding hydrogens is 489 g/mol. The number of halogens is 3. The van der Waals surface area contributed by atoms with Crippen molar-refractivity contribution in [3.63, 3.8) is 0 Å². The Hall–Kier alpha value is -2.13. The molecule has 204 valence electrons. The van der Waals surface area contributed by atoms with Crippen molar-refractivity contribution in [2.75, 3.05) is 19.7 Å². The Labute approximate surface area is 226 Å². The Bertz CT molecular complexity index is 1020. The third-order valence-electron chi connectivity index (χ3n) is 9.01. The molecule has 6 nitrogen and oxygen atoms in total. The Morgan fingerprint density at radius 3 is 2.37 bits per heavy atom. The van der Waals surface area contributed by atoms with Crippen LogP contribution in [-0.4, -0.2) is 56.7 Å². The molecule has 11 heteroatoms. The second kappa shape index (κ2) is 11.5. The molecule has 3 heterocycles.